The standard InChI is InChI=1S/C23H26N6O3/c1-12(2)32-17-5-3-4-15-10-16(27-18(15)17)19-20-21(24)25-11-26-29(20)22(28-19)13-6-8-14(9-7-13)23(30)31/h3-5,10-14,27H,6-9H2,1-2H3,(H,30,31)(H2,24,25,26)/t13-,14-. The first-order valence-electron chi connectivity index (χ1n) is 10.9. The van der Waals surface area contributed by atoms with Crippen LogP contribution in [0.4, 0.5) is 5.82 Å². The number of H-pyrrole nitrogens is 1. The average molecular weight is 435 g/mol. The molecule has 0 aliphatic heterocycles. The molecule has 0 radical (unpaired) electrons. The first kappa shape index (κ1) is 20.3. The Kier molecular flexibility index (Phi) is 4.96. The number of carboxylic acid groups (broad SMARTS) is 1. The van der Waals surface area contributed by atoms with Gasteiger partial charge in [0.15, 0.2) is 5.82 Å². The lowest BCUT2D eigenvalue weighted by molar-refractivity contribution is -0.142. The summed E-state index contributed by atoms with van der Waals surface area (Å²) in [5.41, 5.74) is 9.31. The molecule has 0 spiro atoms. The zero-order valence-corrected chi connectivity index (χ0v) is 18.1. The van der Waals surface area contributed by atoms with Crippen molar-refractivity contribution in [3.63, 3.8) is 0 Å². The number of nitrogen functional groups attached to an aromatic ring is 1. The fourth-order valence-corrected chi connectivity index (χ4v) is 4.64. The van der Waals surface area contributed by atoms with Crippen LogP contribution in [0.5, 0.6) is 5.75 Å². The van der Waals surface area contributed by atoms with Crippen LogP contribution in [0.3, 0.4) is 0 Å². The highest BCUT2D eigenvalue weighted by Gasteiger charge is 2.31. The molecule has 9 nitrogen and oxygen atoms in total. The summed E-state index contributed by atoms with van der Waals surface area (Å²) < 4.78 is 7.73. The Labute approximate surface area is 184 Å². The summed E-state index contributed by atoms with van der Waals surface area (Å²) in [6, 6.07) is 7.96. The number of benzene rings is 1. The summed E-state index contributed by atoms with van der Waals surface area (Å²) in [6.07, 6.45) is 4.24. The molecule has 1 aromatic carbocycles. The molecule has 1 aliphatic carbocycles. The monoisotopic (exact) mass is 434 g/mol. The molecule has 0 saturated heterocycles. The third-order valence-corrected chi connectivity index (χ3v) is 6.16. The second-order valence-corrected chi connectivity index (χ2v) is 8.68. The van der Waals surface area contributed by atoms with E-state index in [0.29, 0.717) is 29.9 Å². The van der Waals surface area contributed by atoms with Gasteiger partial charge in [-0.2, -0.15) is 5.10 Å². The highest BCUT2D eigenvalue weighted by atomic mass is 16.5. The van der Waals surface area contributed by atoms with Crippen LogP contribution in [-0.4, -0.2) is 41.7 Å². The lowest BCUT2D eigenvalue weighted by atomic mass is 9.82. The maximum absolute atomic E-state index is 11.4. The van der Waals surface area contributed by atoms with Crippen LogP contribution in [0.25, 0.3) is 27.8 Å². The highest BCUT2D eigenvalue weighted by Crippen LogP contribution is 2.39. The molecule has 4 aromatic rings. The fourth-order valence-electron chi connectivity index (χ4n) is 4.64. The quantitative estimate of drug-likeness (QED) is 0.432. The minimum Gasteiger partial charge on any atom is -0.489 e. The number of aromatic nitrogens is 5. The van der Waals surface area contributed by atoms with Crippen LogP contribution in [0.15, 0.2) is 30.6 Å². The van der Waals surface area contributed by atoms with Gasteiger partial charge in [0.25, 0.3) is 0 Å². The minimum atomic E-state index is -0.721. The third-order valence-electron chi connectivity index (χ3n) is 6.16. The second-order valence-electron chi connectivity index (χ2n) is 8.68. The molecular weight excluding hydrogens is 408 g/mol. The largest absolute Gasteiger partial charge is 0.489 e. The molecule has 5 rings (SSSR count). The van der Waals surface area contributed by atoms with Gasteiger partial charge < -0.3 is 20.6 Å². The predicted octanol–water partition coefficient (Wildman–Crippen LogP) is 4.00. The van der Waals surface area contributed by atoms with E-state index < -0.39 is 5.97 Å². The minimum absolute atomic E-state index is 0.0531. The van der Waals surface area contributed by atoms with Crippen molar-refractivity contribution in [1.82, 2.24) is 24.6 Å². The molecule has 0 atom stereocenters. The number of aliphatic carboxylic acids is 1. The lowest BCUT2D eigenvalue weighted by Gasteiger charge is -2.24. The molecule has 1 fully saturated rings. The number of nitrogens with two attached hydrogens (primary N) is 1. The number of hydrogen-bond acceptors (Lipinski definition) is 6. The molecular formula is C23H26N6O3. The van der Waals surface area contributed by atoms with E-state index >= 15 is 0 Å². The number of nitrogens with zero attached hydrogens (tertiary/aromatic N) is 4. The zero-order valence-electron chi connectivity index (χ0n) is 18.1. The van der Waals surface area contributed by atoms with Crippen LogP contribution in [-0.2, 0) is 4.79 Å². The van der Waals surface area contributed by atoms with Gasteiger partial charge in [0.1, 0.15) is 29.1 Å². The van der Waals surface area contributed by atoms with Crippen LogP contribution in [0.2, 0.25) is 0 Å². The van der Waals surface area contributed by atoms with Crippen molar-refractivity contribution in [2.45, 2.75) is 51.6 Å². The Hall–Kier alpha value is -3.62. The number of aromatic amines is 1. The molecule has 0 unspecified atom stereocenters. The first-order valence-corrected chi connectivity index (χ1v) is 10.9. The Morgan fingerprint density at radius 2 is 2.06 bits per heavy atom. The van der Waals surface area contributed by atoms with Crippen molar-refractivity contribution < 1.29 is 14.6 Å². The fraction of sp³-hybridized carbons (Fsp3) is 0.391. The molecule has 1 saturated carbocycles. The molecule has 3 aromatic heterocycles. The summed E-state index contributed by atoms with van der Waals surface area (Å²) in [7, 11) is 0. The van der Waals surface area contributed by atoms with Gasteiger partial charge >= 0.3 is 5.97 Å². The van der Waals surface area contributed by atoms with E-state index in [-0.39, 0.29) is 17.9 Å². The van der Waals surface area contributed by atoms with Crippen LogP contribution in [0.1, 0.15) is 51.3 Å². The SMILES string of the molecule is CC(C)Oc1cccc2cc(-c3nc([C@H]4CC[C@H](C(=O)O)CC4)n4ncnc(N)c34)[nH]c12. The number of nitrogens with one attached hydrogen (secondary N) is 1. The van der Waals surface area contributed by atoms with E-state index in [1.165, 1.54) is 6.33 Å². The second kappa shape index (κ2) is 7.81. The summed E-state index contributed by atoms with van der Waals surface area (Å²) in [4.78, 5) is 24.0. The van der Waals surface area contributed by atoms with E-state index in [0.717, 1.165) is 41.0 Å². The maximum Gasteiger partial charge on any atom is 0.306 e. The normalized spacial score (nSPS) is 19.1. The molecule has 9 heteroatoms. The Morgan fingerprint density at radius 1 is 1.28 bits per heavy atom. The number of carbonyl (C=O) groups is 1. The number of ether oxygens (including phenoxy) is 1. The van der Waals surface area contributed by atoms with Gasteiger partial charge in [0.05, 0.1) is 23.2 Å². The molecule has 4 N–H and O–H groups in total. The van der Waals surface area contributed by atoms with Crippen molar-refractivity contribution in [3.8, 4) is 17.1 Å². The molecule has 1 aliphatic rings. The van der Waals surface area contributed by atoms with Gasteiger partial charge in [-0.05, 0) is 51.7 Å². The van der Waals surface area contributed by atoms with Crippen molar-refractivity contribution in [2.24, 2.45) is 5.92 Å². The Bertz CT molecular complexity index is 1300. The van der Waals surface area contributed by atoms with Crippen molar-refractivity contribution in [2.75, 3.05) is 5.73 Å². The topological polar surface area (TPSA) is 131 Å². The van der Waals surface area contributed by atoms with E-state index in [1.807, 2.05) is 38.1 Å². The number of fused-ring (bicyclic) bond motifs is 2. The molecule has 166 valence electrons. The van der Waals surface area contributed by atoms with Gasteiger partial charge in [0, 0.05) is 11.3 Å². The van der Waals surface area contributed by atoms with Gasteiger partial charge in [-0.15, -0.1) is 0 Å². The van der Waals surface area contributed by atoms with Gasteiger partial charge in [0.2, 0.25) is 0 Å². The van der Waals surface area contributed by atoms with Crippen LogP contribution >= 0.6 is 0 Å². The maximum atomic E-state index is 11.4. The number of hydrogen-bond donors (Lipinski definition) is 3. The van der Waals surface area contributed by atoms with Gasteiger partial charge in [-0.25, -0.2) is 14.5 Å². The number of imidazole rings is 1. The van der Waals surface area contributed by atoms with Gasteiger partial charge in [-0.1, -0.05) is 12.1 Å². The van der Waals surface area contributed by atoms with Crippen molar-refractivity contribution in [1.29, 1.82) is 0 Å². The molecule has 0 amide bonds. The number of carboxylic acids is 1. The van der Waals surface area contributed by atoms with E-state index in [1.54, 1.807) is 4.52 Å². The zero-order chi connectivity index (χ0) is 22.4. The van der Waals surface area contributed by atoms with Crippen LogP contribution < -0.4 is 10.5 Å². The number of rotatable bonds is 5. The smallest absolute Gasteiger partial charge is 0.306 e. The molecule has 32 heavy (non-hydrogen) atoms. The summed E-state index contributed by atoms with van der Waals surface area (Å²) in [6.45, 7) is 3.99. The van der Waals surface area contributed by atoms with Crippen molar-refractivity contribution >= 4 is 28.2 Å². The molecule has 0 bridgehead atoms. The summed E-state index contributed by atoms with van der Waals surface area (Å²) >= 11 is 0. The summed E-state index contributed by atoms with van der Waals surface area (Å²) in [5.74, 6) is 1.04. The van der Waals surface area contributed by atoms with Crippen molar-refractivity contribution in [3.05, 3.63) is 36.4 Å². The van der Waals surface area contributed by atoms with E-state index in [2.05, 4.69) is 15.1 Å². The lowest BCUT2D eigenvalue weighted by Crippen LogP contribution is -2.21. The van der Waals surface area contributed by atoms with Crippen LogP contribution in [0, 0.1) is 5.92 Å². The Morgan fingerprint density at radius 3 is 2.78 bits per heavy atom. The average Bonchev–Trinajstić information content (AvgIpc) is 3.36. The first-order chi connectivity index (χ1) is 15.4. The number of para-hydroxylation sites is 1. The van der Waals surface area contributed by atoms with Gasteiger partial charge in [-0.3, -0.25) is 4.79 Å². The molecule has 3 heterocycles. The summed E-state index contributed by atoms with van der Waals surface area (Å²) in [5, 5.41) is 14.8. The highest BCUT2D eigenvalue weighted by molar-refractivity contribution is 5.93. The van der Waals surface area contributed by atoms with E-state index in [4.69, 9.17) is 15.5 Å². The predicted molar refractivity (Wildman–Crippen MR) is 121 cm³/mol. The Balaban J connectivity index is 1.60. The third kappa shape index (κ3) is 3.43. The number of anilines is 1. The van der Waals surface area contributed by atoms with E-state index in [9.17, 15) is 9.90 Å².